The third-order valence-electron chi connectivity index (χ3n) is 5.93. The zero-order chi connectivity index (χ0) is 20.4. The standard InChI is InChI=1S/C23H28N4O2/c1-24-21(28)16-27-20-9-5-4-8-19(20)23(29)25(2)22(27)17-10-12-18(13-11-17)26-14-6-3-7-15-26/h4-5,8-13,22H,3,6-7,14-16H2,1-2H3,(H,24,28)/t22-/m1/s1. The lowest BCUT2D eigenvalue weighted by Crippen LogP contribution is -2.50. The van der Waals surface area contributed by atoms with E-state index in [0.29, 0.717) is 5.56 Å². The predicted octanol–water partition coefficient (Wildman–Crippen LogP) is 3.01. The Kier molecular flexibility index (Phi) is 5.43. The lowest BCUT2D eigenvalue weighted by Gasteiger charge is -2.44. The molecule has 2 amide bonds. The molecule has 2 aromatic carbocycles. The van der Waals surface area contributed by atoms with Crippen molar-refractivity contribution in [1.29, 1.82) is 0 Å². The minimum Gasteiger partial charge on any atom is -0.372 e. The monoisotopic (exact) mass is 392 g/mol. The van der Waals surface area contributed by atoms with Crippen LogP contribution in [0.2, 0.25) is 0 Å². The van der Waals surface area contributed by atoms with Crippen molar-refractivity contribution < 1.29 is 9.59 Å². The van der Waals surface area contributed by atoms with Gasteiger partial charge >= 0.3 is 0 Å². The van der Waals surface area contributed by atoms with Crippen LogP contribution < -0.4 is 15.1 Å². The molecule has 1 saturated heterocycles. The van der Waals surface area contributed by atoms with E-state index in [1.165, 1.54) is 24.9 Å². The zero-order valence-electron chi connectivity index (χ0n) is 17.1. The third-order valence-corrected chi connectivity index (χ3v) is 5.93. The molecule has 6 heteroatoms. The largest absolute Gasteiger partial charge is 0.372 e. The first-order chi connectivity index (χ1) is 14.1. The van der Waals surface area contributed by atoms with Crippen LogP contribution in [0.1, 0.15) is 41.3 Å². The van der Waals surface area contributed by atoms with E-state index in [1.54, 1.807) is 19.0 Å². The van der Waals surface area contributed by atoms with Crippen LogP contribution in [-0.2, 0) is 4.79 Å². The van der Waals surface area contributed by atoms with E-state index in [-0.39, 0.29) is 24.5 Å². The number of nitrogens with one attached hydrogen (secondary N) is 1. The van der Waals surface area contributed by atoms with E-state index in [0.717, 1.165) is 24.3 Å². The van der Waals surface area contributed by atoms with Gasteiger partial charge in [-0.25, -0.2) is 0 Å². The Morgan fingerprint density at radius 1 is 1.03 bits per heavy atom. The Bertz CT molecular complexity index is 890. The molecule has 2 heterocycles. The number of hydrogen-bond acceptors (Lipinski definition) is 4. The van der Waals surface area contributed by atoms with Crippen LogP contribution in [0, 0.1) is 0 Å². The summed E-state index contributed by atoms with van der Waals surface area (Å²) in [6.45, 7) is 2.37. The van der Waals surface area contributed by atoms with Crippen LogP contribution in [-0.4, -0.2) is 50.4 Å². The van der Waals surface area contributed by atoms with Gasteiger partial charge < -0.3 is 20.0 Å². The number of fused-ring (bicyclic) bond motifs is 1. The summed E-state index contributed by atoms with van der Waals surface area (Å²) in [6, 6.07) is 15.9. The molecular formula is C23H28N4O2. The molecular weight excluding hydrogens is 364 g/mol. The van der Waals surface area contributed by atoms with E-state index in [9.17, 15) is 9.59 Å². The molecule has 29 heavy (non-hydrogen) atoms. The number of nitrogens with zero attached hydrogens (tertiary/aromatic N) is 3. The fourth-order valence-electron chi connectivity index (χ4n) is 4.37. The maximum atomic E-state index is 13.0. The van der Waals surface area contributed by atoms with Crippen LogP contribution in [0.4, 0.5) is 11.4 Å². The maximum Gasteiger partial charge on any atom is 0.257 e. The summed E-state index contributed by atoms with van der Waals surface area (Å²) in [7, 11) is 3.44. The number of anilines is 2. The number of carbonyl (C=O) groups is 2. The average molecular weight is 393 g/mol. The first-order valence-corrected chi connectivity index (χ1v) is 10.3. The van der Waals surface area contributed by atoms with E-state index in [2.05, 4.69) is 34.5 Å². The SMILES string of the molecule is CNC(=O)CN1c2ccccc2C(=O)N(C)[C@H]1c1ccc(N2CCCCC2)cc1. The summed E-state index contributed by atoms with van der Waals surface area (Å²) in [4.78, 5) is 31.4. The predicted molar refractivity (Wildman–Crippen MR) is 115 cm³/mol. The minimum atomic E-state index is -0.329. The van der Waals surface area contributed by atoms with Crippen molar-refractivity contribution >= 4 is 23.2 Å². The van der Waals surface area contributed by atoms with E-state index < -0.39 is 0 Å². The highest BCUT2D eigenvalue weighted by Gasteiger charge is 2.37. The van der Waals surface area contributed by atoms with E-state index in [4.69, 9.17) is 0 Å². The van der Waals surface area contributed by atoms with Gasteiger partial charge in [-0.3, -0.25) is 9.59 Å². The van der Waals surface area contributed by atoms with Gasteiger partial charge in [-0.1, -0.05) is 24.3 Å². The fourth-order valence-corrected chi connectivity index (χ4v) is 4.37. The van der Waals surface area contributed by atoms with Crippen molar-refractivity contribution in [1.82, 2.24) is 10.2 Å². The van der Waals surface area contributed by atoms with Gasteiger partial charge in [0.2, 0.25) is 5.91 Å². The lowest BCUT2D eigenvalue weighted by atomic mass is 10.0. The van der Waals surface area contributed by atoms with Gasteiger partial charge in [-0.15, -0.1) is 0 Å². The van der Waals surface area contributed by atoms with Crippen molar-refractivity contribution in [3.8, 4) is 0 Å². The highest BCUT2D eigenvalue weighted by Crippen LogP contribution is 2.38. The summed E-state index contributed by atoms with van der Waals surface area (Å²) < 4.78 is 0. The fraction of sp³-hybridized carbons (Fsp3) is 0.391. The number of amides is 2. The number of para-hydroxylation sites is 1. The van der Waals surface area contributed by atoms with Gasteiger partial charge in [0.1, 0.15) is 6.17 Å². The van der Waals surface area contributed by atoms with Gasteiger partial charge in [0.25, 0.3) is 5.91 Å². The Labute approximate surface area is 172 Å². The number of rotatable bonds is 4. The van der Waals surface area contributed by atoms with E-state index >= 15 is 0 Å². The zero-order valence-corrected chi connectivity index (χ0v) is 17.1. The molecule has 1 fully saturated rings. The number of hydrogen-bond donors (Lipinski definition) is 1. The van der Waals surface area contributed by atoms with Crippen molar-refractivity contribution in [3.63, 3.8) is 0 Å². The molecule has 4 rings (SSSR count). The number of benzene rings is 2. The van der Waals surface area contributed by atoms with Crippen molar-refractivity contribution in [2.24, 2.45) is 0 Å². The van der Waals surface area contributed by atoms with Crippen LogP contribution >= 0.6 is 0 Å². The molecule has 0 radical (unpaired) electrons. The minimum absolute atomic E-state index is 0.0288. The van der Waals surface area contributed by atoms with Gasteiger partial charge in [-0.2, -0.15) is 0 Å². The summed E-state index contributed by atoms with van der Waals surface area (Å²) in [5.74, 6) is -0.114. The topological polar surface area (TPSA) is 55.9 Å². The van der Waals surface area contributed by atoms with Gasteiger partial charge in [-0.05, 0) is 49.1 Å². The van der Waals surface area contributed by atoms with Crippen molar-refractivity contribution in [2.75, 3.05) is 43.5 Å². The quantitative estimate of drug-likeness (QED) is 0.869. The summed E-state index contributed by atoms with van der Waals surface area (Å²) in [6.07, 6.45) is 3.44. The molecule has 1 N–H and O–H groups in total. The molecule has 2 aromatic rings. The van der Waals surface area contributed by atoms with Crippen LogP contribution in [0.5, 0.6) is 0 Å². The van der Waals surface area contributed by atoms with E-state index in [1.807, 2.05) is 29.2 Å². The smallest absolute Gasteiger partial charge is 0.257 e. The lowest BCUT2D eigenvalue weighted by molar-refractivity contribution is -0.119. The highest BCUT2D eigenvalue weighted by molar-refractivity contribution is 6.02. The normalized spacial score (nSPS) is 19.2. The Morgan fingerprint density at radius 3 is 2.41 bits per heavy atom. The molecule has 152 valence electrons. The molecule has 6 nitrogen and oxygen atoms in total. The molecule has 0 spiro atoms. The van der Waals surface area contributed by atoms with Gasteiger partial charge in [0.05, 0.1) is 17.8 Å². The number of likely N-dealkylation sites (N-methyl/N-ethyl adjacent to an activating group) is 1. The maximum absolute atomic E-state index is 13.0. The molecule has 0 saturated carbocycles. The molecule has 0 bridgehead atoms. The Balaban J connectivity index is 1.69. The van der Waals surface area contributed by atoms with Crippen molar-refractivity contribution in [3.05, 3.63) is 59.7 Å². The molecule has 0 unspecified atom stereocenters. The van der Waals surface area contributed by atoms with Gasteiger partial charge in [0.15, 0.2) is 0 Å². The molecule has 2 aliphatic heterocycles. The highest BCUT2D eigenvalue weighted by atomic mass is 16.2. The first kappa shape index (κ1) is 19.3. The van der Waals surface area contributed by atoms with Crippen LogP contribution in [0.3, 0.4) is 0 Å². The van der Waals surface area contributed by atoms with Crippen molar-refractivity contribution in [2.45, 2.75) is 25.4 Å². The van der Waals surface area contributed by atoms with Crippen LogP contribution in [0.15, 0.2) is 48.5 Å². The Hall–Kier alpha value is -3.02. The summed E-state index contributed by atoms with van der Waals surface area (Å²) in [5.41, 5.74) is 3.64. The second-order valence-electron chi connectivity index (χ2n) is 7.75. The number of carbonyl (C=O) groups excluding carboxylic acids is 2. The molecule has 2 aliphatic rings. The van der Waals surface area contributed by atoms with Gasteiger partial charge in [0, 0.05) is 32.9 Å². The third kappa shape index (κ3) is 3.67. The summed E-state index contributed by atoms with van der Waals surface area (Å²) >= 11 is 0. The molecule has 0 aliphatic carbocycles. The summed E-state index contributed by atoms with van der Waals surface area (Å²) in [5, 5.41) is 2.70. The molecule has 0 aromatic heterocycles. The Morgan fingerprint density at radius 2 is 1.72 bits per heavy atom. The molecule has 1 atom stereocenters. The second kappa shape index (κ2) is 8.15. The first-order valence-electron chi connectivity index (χ1n) is 10.3. The number of piperidine rings is 1. The van der Waals surface area contributed by atoms with Crippen LogP contribution in [0.25, 0.3) is 0 Å². The second-order valence-corrected chi connectivity index (χ2v) is 7.75. The average Bonchev–Trinajstić information content (AvgIpc) is 2.78.